The molecule has 0 atom stereocenters. The van der Waals surface area contributed by atoms with Gasteiger partial charge >= 0.3 is 0 Å². The zero-order valence-electron chi connectivity index (χ0n) is 10.0. The smallest absolute Gasteiger partial charge is 0.252 e. The molecule has 2 aromatic rings. The summed E-state index contributed by atoms with van der Waals surface area (Å²) in [4.78, 5) is 16.7. The lowest BCUT2D eigenvalue weighted by atomic mass is 10.1. The van der Waals surface area contributed by atoms with Crippen molar-refractivity contribution in [3.05, 3.63) is 40.0 Å². The van der Waals surface area contributed by atoms with Crippen LogP contribution in [0.2, 0.25) is 0 Å². The van der Waals surface area contributed by atoms with Gasteiger partial charge < -0.3 is 5.32 Å². The molecule has 1 aliphatic carbocycles. The molecule has 1 N–H and O–H groups in total. The number of aromatic nitrogens is 1. The fraction of sp³-hybridized carbons (Fsp3) is 0.286. The molecule has 1 aliphatic rings. The van der Waals surface area contributed by atoms with Crippen LogP contribution < -0.4 is 5.32 Å². The summed E-state index contributed by atoms with van der Waals surface area (Å²) < 4.78 is 0.959. The van der Waals surface area contributed by atoms with Gasteiger partial charge in [-0.15, -0.1) is 0 Å². The number of hydrogen-bond donors (Lipinski definition) is 1. The van der Waals surface area contributed by atoms with Crippen LogP contribution in [0.3, 0.4) is 0 Å². The molecule has 0 spiro atoms. The predicted octanol–water partition coefficient (Wildman–Crippen LogP) is 3.20. The van der Waals surface area contributed by atoms with Gasteiger partial charge in [0, 0.05) is 21.6 Å². The predicted molar refractivity (Wildman–Crippen MR) is 74.7 cm³/mol. The molecule has 18 heavy (non-hydrogen) atoms. The van der Waals surface area contributed by atoms with E-state index in [1.165, 1.54) is 0 Å². The summed E-state index contributed by atoms with van der Waals surface area (Å²) >= 11 is 3.44. The van der Waals surface area contributed by atoms with Crippen molar-refractivity contribution >= 4 is 32.7 Å². The quantitative estimate of drug-likeness (QED) is 0.926. The van der Waals surface area contributed by atoms with Gasteiger partial charge in [0.25, 0.3) is 5.91 Å². The van der Waals surface area contributed by atoms with Gasteiger partial charge in [0.15, 0.2) is 0 Å². The number of benzene rings is 1. The zero-order valence-corrected chi connectivity index (χ0v) is 11.6. The molecule has 1 aromatic carbocycles. The first kappa shape index (κ1) is 11.7. The average Bonchev–Trinajstić information content (AvgIpc) is 3.12. The monoisotopic (exact) mass is 304 g/mol. The van der Waals surface area contributed by atoms with Gasteiger partial charge in [0.05, 0.1) is 11.1 Å². The molecule has 1 fully saturated rings. The maximum absolute atomic E-state index is 12.2. The van der Waals surface area contributed by atoms with Crippen LogP contribution in [0.4, 0.5) is 0 Å². The standard InChI is InChI=1S/C14H13BrN2O/c1-8-6-12(14(18)17-10-3-4-10)11-7-9(15)2-5-13(11)16-8/h2,5-7,10H,3-4H2,1H3,(H,17,18). The van der Waals surface area contributed by atoms with Crippen molar-refractivity contribution < 1.29 is 4.79 Å². The van der Waals surface area contributed by atoms with E-state index in [-0.39, 0.29) is 5.91 Å². The Kier molecular flexibility index (Phi) is 2.82. The molecule has 0 unspecified atom stereocenters. The largest absolute Gasteiger partial charge is 0.349 e. The Morgan fingerprint density at radius 3 is 2.89 bits per heavy atom. The maximum atomic E-state index is 12.2. The summed E-state index contributed by atoms with van der Waals surface area (Å²) in [6, 6.07) is 8.04. The Labute approximate surface area is 114 Å². The highest BCUT2D eigenvalue weighted by atomic mass is 79.9. The number of carbonyl (C=O) groups excluding carboxylic acids is 1. The zero-order chi connectivity index (χ0) is 12.7. The van der Waals surface area contributed by atoms with Crippen LogP contribution in [-0.4, -0.2) is 16.9 Å². The minimum Gasteiger partial charge on any atom is -0.349 e. The summed E-state index contributed by atoms with van der Waals surface area (Å²) in [6.07, 6.45) is 2.19. The fourth-order valence-corrected chi connectivity index (χ4v) is 2.37. The average molecular weight is 305 g/mol. The number of rotatable bonds is 2. The van der Waals surface area contributed by atoms with Gasteiger partial charge in [-0.25, -0.2) is 0 Å². The van der Waals surface area contributed by atoms with Gasteiger partial charge in [-0.05, 0) is 44.0 Å². The molecule has 1 heterocycles. The van der Waals surface area contributed by atoms with E-state index < -0.39 is 0 Å². The molecular formula is C14H13BrN2O. The van der Waals surface area contributed by atoms with Crippen LogP contribution in [0.25, 0.3) is 10.9 Å². The highest BCUT2D eigenvalue weighted by molar-refractivity contribution is 9.10. The van der Waals surface area contributed by atoms with E-state index >= 15 is 0 Å². The van der Waals surface area contributed by atoms with Crippen LogP contribution in [-0.2, 0) is 0 Å². The highest BCUT2D eigenvalue weighted by Gasteiger charge is 2.24. The van der Waals surface area contributed by atoms with Gasteiger partial charge in [0.1, 0.15) is 0 Å². The number of aryl methyl sites for hydroxylation is 1. The molecule has 0 bridgehead atoms. The number of carbonyl (C=O) groups is 1. The van der Waals surface area contributed by atoms with Crippen LogP contribution in [0, 0.1) is 6.92 Å². The molecule has 1 saturated carbocycles. The lowest BCUT2D eigenvalue weighted by molar-refractivity contribution is 0.0952. The van der Waals surface area contributed by atoms with E-state index in [9.17, 15) is 4.79 Å². The Bertz CT molecular complexity index is 635. The lowest BCUT2D eigenvalue weighted by Crippen LogP contribution is -2.25. The Morgan fingerprint density at radius 2 is 2.17 bits per heavy atom. The van der Waals surface area contributed by atoms with E-state index in [0.29, 0.717) is 11.6 Å². The van der Waals surface area contributed by atoms with Crippen molar-refractivity contribution in [1.29, 1.82) is 0 Å². The third-order valence-corrected chi connectivity index (χ3v) is 3.55. The molecule has 1 aromatic heterocycles. The minimum atomic E-state index is 0.00565. The molecule has 3 nitrogen and oxygen atoms in total. The second kappa shape index (κ2) is 4.35. The molecular weight excluding hydrogens is 292 g/mol. The van der Waals surface area contributed by atoms with Crippen molar-refractivity contribution in [2.45, 2.75) is 25.8 Å². The lowest BCUT2D eigenvalue weighted by Gasteiger charge is -2.08. The topological polar surface area (TPSA) is 42.0 Å². The van der Waals surface area contributed by atoms with Crippen molar-refractivity contribution in [2.75, 3.05) is 0 Å². The molecule has 0 aliphatic heterocycles. The second-order valence-corrected chi connectivity index (χ2v) is 5.64. The van der Waals surface area contributed by atoms with Crippen LogP contribution in [0.5, 0.6) is 0 Å². The van der Waals surface area contributed by atoms with E-state index in [0.717, 1.165) is 33.9 Å². The Hall–Kier alpha value is -1.42. The third kappa shape index (κ3) is 2.25. The van der Waals surface area contributed by atoms with Crippen LogP contribution in [0.1, 0.15) is 28.9 Å². The summed E-state index contributed by atoms with van der Waals surface area (Å²) in [5.41, 5.74) is 2.44. The van der Waals surface area contributed by atoms with Gasteiger partial charge in [-0.2, -0.15) is 0 Å². The van der Waals surface area contributed by atoms with Crippen molar-refractivity contribution in [3.63, 3.8) is 0 Å². The molecule has 4 heteroatoms. The number of fused-ring (bicyclic) bond motifs is 1. The van der Waals surface area contributed by atoms with Crippen LogP contribution >= 0.6 is 15.9 Å². The minimum absolute atomic E-state index is 0.00565. The summed E-state index contributed by atoms with van der Waals surface area (Å²) in [5.74, 6) is 0.00565. The van der Waals surface area contributed by atoms with E-state index in [1.807, 2.05) is 31.2 Å². The molecule has 0 radical (unpaired) electrons. The normalized spacial score (nSPS) is 14.8. The Balaban J connectivity index is 2.12. The number of hydrogen-bond acceptors (Lipinski definition) is 2. The summed E-state index contributed by atoms with van der Waals surface area (Å²) in [5, 5.41) is 3.92. The number of nitrogens with one attached hydrogen (secondary N) is 1. The third-order valence-electron chi connectivity index (χ3n) is 3.06. The number of nitrogens with zero attached hydrogens (tertiary/aromatic N) is 1. The van der Waals surface area contributed by atoms with Gasteiger partial charge in [0.2, 0.25) is 0 Å². The first-order valence-electron chi connectivity index (χ1n) is 6.01. The van der Waals surface area contributed by atoms with Crippen molar-refractivity contribution in [2.24, 2.45) is 0 Å². The van der Waals surface area contributed by atoms with Crippen molar-refractivity contribution in [1.82, 2.24) is 10.3 Å². The number of halogens is 1. The summed E-state index contributed by atoms with van der Waals surface area (Å²) in [6.45, 7) is 1.91. The van der Waals surface area contributed by atoms with Gasteiger partial charge in [-0.1, -0.05) is 15.9 Å². The fourth-order valence-electron chi connectivity index (χ4n) is 2.01. The van der Waals surface area contributed by atoms with Gasteiger partial charge in [-0.3, -0.25) is 9.78 Å². The van der Waals surface area contributed by atoms with Crippen molar-refractivity contribution in [3.8, 4) is 0 Å². The molecule has 0 saturated heterocycles. The van der Waals surface area contributed by atoms with Crippen LogP contribution in [0.15, 0.2) is 28.7 Å². The molecule has 1 amide bonds. The van der Waals surface area contributed by atoms with E-state index in [4.69, 9.17) is 0 Å². The first-order valence-corrected chi connectivity index (χ1v) is 6.80. The molecule has 92 valence electrons. The van der Waals surface area contributed by atoms with E-state index in [1.54, 1.807) is 0 Å². The number of pyridine rings is 1. The highest BCUT2D eigenvalue weighted by Crippen LogP contribution is 2.24. The first-order chi connectivity index (χ1) is 8.63. The van der Waals surface area contributed by atoms with E-state index in [2.05, 4.69) is 26.2 Å². The maximum Gasteiger partial charge on any atom is 0.252 e. The number of amides is 1. The Morgan fingerprint density at radius 1 is 1.39 bits per heavy atom. The second-order valence-electron chi connectivity index (χ2n) is 4.72. The molecule has 3 rings (SSSR count). The SMILES string of the molecule is Cc1cc(C(=O)NC2CC2)c2cc(Br)ccc2n1. The summed E-state index contributed by atoms with van der Waals surface area (Å²) in [7, 11) is 0.